The molecule has 1 aromatic rings. The summed E-state index contributed by atoms with van der Waals surface area (Å²) in [4.78, 5) is 26.4. The molecular weight excluding hydrogens is 272 g/mol. The van der Waals surface area contributed by atoms with Gasteiger partial charge in [-0.2, -0.15) is 0 Å². The van der Waals surface area contributed by atoms with Crippen molar-refractivity contribution in [3.63, 3.8) is 0 Å². The normalized spacial score (nSPS) is 19.4. The number of amides is 1. The predicted octanol–water partition coefficient (Wildman–Crippen LogP) is 2.54. The van der Waals surface area contributed by atoms with Gasteiger partial charge in [-0.25, -0.2) is 0 Å². The Labute approximate surface area is 123 Å². The Morgan fingerprint density at radius 2 is 1.95 bits per heavy atom. The second-order valence-corrected chi connectivity index (χ2v) is 6.84. The highest BCUT2D eigenvalue weighted by Crippen LogP contribution is 2.34. The molecule has 0 atom stereocenters. The lowest BCUT2D eigenvalue weighted by Crippen LogP contribution is -2.41. The van der Waals surface area contributed by atoms with E-state index in [0.29, 0.717) is 25.0 Å². The van der Waals surface area contributed by atoms with Crippen LogP contribution in [0.2, 0.25) is 0 Å². The maximum Gasteiger partial charge on any atom is 0.307 e. The lowest BCUT2D eigenvalue weighted by molar-refractivity contribution is -0.134. The van der Waals surface area contributed by atoms with Gasteiger partial charge in [0.2, 0.25) is 5.91 Å². The number of carbonyl (C=O) groups excluding carboxylic acids is 1. The zero-order valence-electron chi connectivity index (χ0n) is 12.0. The van der Waals surface area contributed by atoms with E-state index in [4.69, 9.17) is 0 Å². The Kier molecular flexibility index (Phi) is 3.96. The lowest BCUT2D eigenvalue weighted by Gasteiger charge is -2.29. The molecule has 0 unspecified atom stereocenters. The number of nitrogens with zero attached hydrogens (tertiary/aromatic N) is 2. The molecule has 3 rings (SSSR count). The number of rotatable bonds is 5. The van der Waals surface area contributed by atoms with E-state index in [-0.39, 0.29) is 10.8 Å². The lowest BCUT2D eigenvalue weighted by atomic mass is 10.2. The van der Waals surface area contributed by atoms with Gasteiger partial charge in [-0.15, -0.1) is 0 Å². The number of aryl methyl sites for hydroxylation is 1. The van der Waals surface area contributed by atoms with Crippen LogP contribution in [0.1, 0.15) is 50.6 Å². The molecule has 2 saturated carbocycles. The Hall–Kier alpha value is -1.10. The topological polar surface area (TPSA) is 42.3 Å². The highest BCUT2D eigenvalue weighted by Gasteiger charge is 2.37. The largest absolute Gasteiger partial charge is 0.337 e. The molecule has 110 valence electrons. The molecule has 1 aromatic heterocycles. The predicted molar refractivity (Wildman–Crippen MR) is 80.1 cm³/mol. The number of aromatic nitrogens is 1. The van der Waals surface area contributed by atoms with E-state index in [1.165, 1.54) is 49.9 Å². The average Bonchev–Trinajstić information content (AvgIpc) is 3.00. The fraction of sp³-hybridized carbons (Fsp3) is 0.733. The number of hydrogen-bond acceptors (Lipinski definition) is 3. The van der Waals surface area contributed by atoms with Crippen LogP contribution in [0.5, 0.6) is 0 Å². The summed E-state index contributed by atoms with van der Waals surface area (Å²) in [7, 11) is 0. The van der Waals surface area contributed by atoms with Gasteiger partial charge in [-0.3, -0.25) is 9.59 Å². The molecule has 0 N–H and O–H groups in total. The average molecular weight is 294 g/mol. The monoisotopic (exact) mass is 294 g/mol. The molecule has 0 bridgehead atoms. The molecule has 1 heterocycles. The molecule has 4 nitrogen and oxygen atoms in total. The van der Waals surface area contributed by atoms with Gasteiger partial charge in [0.25, 0.3) is 0 Å². The molecule has 0 spiro atoms. The van der Waals surface area contributed by atoms with Crippen molar-refractivity contribution in [2.45, 2.75) is 70.5 Å². The van der Waals surface area contributed by atoms with Crippen molar-refractivity contribution in [2.24, 2.45) is 0 Å². The highest BCUT2D eigenvalue weighted by atomic mass is 32.1. The van der Waals surface area contributed by atoms with Gasteiger partial charge in [-0.1, -0.05) is 24.2 Å². The first-order chi connectivity index (χ1) is 9.66. The summed E-state index contributed by atoms with van der Waals surface area (Å²) in [6.45, 7) is 2.46. The van der Waals surface area contributed by atoms with Crippen LogP contribution in [0.15, 0.2) is 10.2 Å². The molecule has 0 saturated heterocycles. The van der Waals surface area contributed by atoms with Crippen molar-refractivity contribution in [3.05, 3.63) is 20.7 Å². The third kappa shape index (κ3) is 2.82. The van der Waals surface area contributed by atoms with Crippen molar-refractivity contribution in [1.82, 2.24) is 9.47 Å². The number of hydrogen-bond donors (Lipinski definition) is 0. The fourth-order valence-corrected chi connectivity index (χ4v) is 4.01. The molecule has 0 radical (unpaired) electrons. The Morgan fingerprint density at radius 3 is 2.50 bits per heavy atom. The molecule has 5 heteroatoms. The quantitative estimate of drug-likeness (QED) is 0.837. The maximum atomic E-state index is 12.5. The Morgan fingerprint density at radius 1 is 1.30 bits per heavy atom. The van der Waals surface area contributed by atoms with Gasteiger partial charge in [0.05, 0.1) is 0 Å². The summed E-state index contributed by atoms with van der Waals surface area (Å²) in [5.41, 5.74) is 0.964. The van der Waals surface area contributed by atoms with Crippen molar-refractivity contribution >= 4 is 17.2 Å². The third-order valence-corrected chi connectivity index (χ3v) is 5.35. The highest BCUT2D eigenvalue weighted by molar-refractivity contribution is 7.07. The van der Waals surface area contributed by atoms with Gasteiger partial charge in [-0.05, 0) is 32.6 Å². The number of carbonyl (C=O) groups is 1. The fourth-order valence-electron chi connectivity index (χ4n) is 3.25. The summed E-state index contributed by atoms with van der Waals surface area (Å²) >= 11 is 1.22. The standard InChI is InChI=1S/C15H22N2O2S/c1-11-10-20-15(19)16(11)9-8-14(18)17(13-6-7-13)12-4-2-3-5-12/h10,12-13H,2-9H2,1H3. The third-order valence-electron chi connectivity index (χ3n) is 4.47. The minimum atomic E-state index is 0.0501. The van der Waals surface area contributed by atoms with Crippen LogP contribution in [0.25, 0.3) is 0 Å². The number of thiazole rings is 1. The molecule has 20 heavy (non-hydrogen) atoms. The van der Waals surface area contributed by atoms with E-state index < -0.39 is 0 Å². The smallest absolute Gasteiger partial charge is 0.307 e. The van der Waals surface area contributed by atoms with Gasteiger partial charge in [0, 0.05) is 36.1 Å². The second-order valence-electron chi connectivity index (χ2n) is 6.02. The SMILES string of the molecule is Cc1csc(=O)n1CCC(=O)N(C1CCCC1)C1CC1. The van der Waals surface area contributed by atoms with Crippen LogP contribution >= 0.6 is 11.3 Å². The van der Waals surface area contributed by atoms with E-state index in [1.54, 1.807) is 4.57 Å². The first-order valence-electron chi connectivity index (χ1n) is 7.63. The van der Waals surface area contributed by atoms with Crippen LogP contribution in [0.4, 0.5) is 0 Å². The summed E-state index contributed by atoms with van der Waals surface area (Å²) in [6.07, 6.45) is 7.64. The molecule has 0 aliphatic heterocycles. The van der Waals surface area contributed by atoms with Crippen LogP contribution in [0, 0.1) is 6.92 Å². The van der Waals surface area contributed by atoms with Crippen LogP contribution in [0.3, 0.4) is 0 Å². The van der Waals surface area contributed by atoms with E-state index in [0.717, 1.165) is 5.69 Å². The van der Waals surface area contributed by atoms with Crippen LogP contribution in [-0.4, -0.2) is 27.5 Å². The summed E-state index contributed by atoms with van der Waals surface area (Å²) < 4.78 is 1.72. The Bertz CT molecular complexity index is 538. The van der Waals surface area contributed by atoms with Gasteiger partial charge >= 0.3 is 4.87 Å². The minimum Gasteiger partial charge on any atom is -0.337 e. The van der Waals surface area contributed by atoms with Crippen LogP contribution < -0.4 is 4.87 Å². The maximum absolute atomic E-state index is 12.5. The van der Waals surface area contributed by atoms with Crippen molar-refractivity contribution in [3.8, 4) is 0 Å². The molecule has 2 aliphatic carbocycles. The van der Waals surface area contributed by atoms with E-state index in [1.807, 2.05) is 12.3 Å². The zero-order chi connectivity index (χ0) is 14.1. The molecular formula is C15H22N2O2S. The molecule has 1 amide bonds. The van der Waals surface area contributed by atoms with Crippen LogP contribution in [-0.2, 0) is 11.3 Å². The Balaban J connectivity index is 1.63. The van der Waals surface area contributed by atoms with E-state index in [9.17, 15) is 9.59 Å². The van der Waals surface area contributed by atoms with E-state index >= 15 is 0 Å². The van der Waals surface area contributed by atoms with Gasteiger partial charge in [0.15, 0.2) is 0 Å². The molecule has 2 fully saturated rings. The van der Waals surface area contributed by atoms with Crippen molar-refractivity contribution in [1.29, 1.82) is 0 Å². The summed E-state index contributed by atoms with van der Waals surface area (Å²) in [6, 6.07) is 0.959. The molecule has 2 aliphatic rings. The van der Waals surface area contributed by atoms with Crippen molar-refractivity contribution < 1.29 is 4.79 Å². The van der Waals surface area contributed by atoms with Crippen molar-refractivity contribution in [2.75, 3.05) is 0 Å². The minimum absolute atomic E-state index is 0.0501. The summed E-state index contributed by atoms with van der Waals surface area (Å²) in [5, 5.41) is 1.86. The first kappa shape index (κ1) is 13.9. The second kappa shape index (κ2) is 5.72. The zero-order valence-corrected chi connectivity index (χ0v) is 12.8. The summed E-state index contributed by atoms with van der Waals surface area (Å²) in [5.74, 6) is 0.247. The molecule has 0 aromatic carbocycles. The van der Waals surface area contributed by atoms with Gasteiger partial charge in [0.1, 0.15) is 0 Å². The first-order valence-corrected chi connectivity index (χ1v) is 8.51. The van der Waals surface area contributed by atoms with E-state index in [2.05, 4.69) is 4.90 Å². The van der Waals surface area contributed by atoms with Gasteiger partial charge < -0.3 is 9.47 Å².